The molecule has 0 bridgehead atoms. The van der Waals surface area contributed by atoms with E-state index in [2.05, 4.69) is 31.0 Å². The van der Waals surface area contributed by atoms with Gasteiger partial charge < -0.3 is 10.2 Å². The third-order valence-corrected chi connectivity index (χ3v) is 4.77. The molecular weight excluding hydrogens is 224 g/mol. The molecule has 3 heteroatoms. The Morgan fingerprint density at radius 3 is 2.50 bits per heavy atom. The lowest BCUT2D eigenvalue weighted by molar-refractivity contribution is -0.140. The van der Waals surface area contributed by atoms with Crippen molar-refractivity contribution < 1.29 is 4.79 Å². The predicted molar refractivity (Wildman–Crippen MR) is 74.3 cm³/mol. The number of hydrogen-bond donors (Lipinski definition) is 1. The Hall–Kier alpha value is -0.570. The lowest BCUT2D eigenvalue weighted by Crippen LogP contribution is -2.50. The Labute approximate surface area is 111 Å². The molecule has 1 saturated heterocycles. The van der Waals surface area contributed by atoms with E-state index < -0.39 is 0 Å². The Bertz CT molecular complexity index is 284. The van der Waals surface area contributed by atoms with Gasteiger partial charge in [0.15, 0.2) is 0 Å². The first kappa shape index (κ1) is 13.9. The molecule has 0 aromatic heterocycles. The van der Waals surface area contributed by atoms with Gasteiger partial charge in [-0.25, -0.2) is 0 Å². The van der Waals surface area contributed by atoms with Crippen molar-refractivity contribution in [3.8, 4) is 0 Å². The molecule has 0 aromatic rings. The maximum Gasteiger partial charge on any atom is 0.226 e. The van der Waals surface area contributed by atoms with E-state index in [-0.39, 0.29) is 5.92 Å². The average molecular weight is 252 g/mol. The first-order valence-electron chi connectivity index (χ1n) is 7.59. The van der Waals surface area contributed by atoms with Crippen molar-refractivity contribution in [3.63, 3.8) is 0 Å². The highest BCUT2D eigenvalue weighted by Gasteiger charge is 2.37. The molecule has 1 saturated carbocycles. The summed E-state index contributed by atoms with van der Waals surface area (Å²) in [6.45, 7) is 10.6. The van der Waals surface area contributed by atoms with Gasteiger partial charge in [0.25, 0.3) is 0 Å². The lowest BCUT2D eigenvalue weighted by Gasteiger charge is -2.40. The highest BCUT2D eigenvalue weighted by atomic mass is 16.2. The number of carbonyl (C=O) groups excluding carboxylic acids is 1. The summed E-state index contributed by atoms with van der Waals surface area (Å²) in [4.78, 5) is 14.8. The van der Waals surface area contributed by atoms with Gasteiger partial charge in [0.1, 0.15) is 0 Å². The van der Waals surface area contributed by atoms with Crippen molar-refractivity contribution in [3.05, 3.63) is 0 Å². The number of rotatable bonds is 2. The van der Waals surface area contributed by atoms with Gasteiger partial charge in [-0.05, 0) is 30.6 Å². The van der Waals surface area contributed by atoms with Crippen molar-refractivity contribution >= 4 is 5.91 Å². The molecule has 3 unspecified atom stereocenters. The van der Waals surface area contributed by atoms with Gasteiger partial charge in [-0.1, -0.05) is 27.2 Å². The molecule has 2 fully saturated rings. The van der Waals surface area contributed by atoms with Gasteiger partial charge in [0.2, 0.25) is 5.91 Å². The number of nitrogens with one attached hydrogen (secondary N) is 1. The molecule has 3 atom stereocenters. The summed E-state index contributed by atoms with van der Waals surface area (Å²) in [6.07, 6.45) is 3.64. The van der Waals surface area contributed by atoms with Gasteiger partial charge in [-0.2, -0.15) is 0 Å². The normalized spacial score (nSPS) is 33.8. The summed E-state index contributed by atoms with van der Waals surface area (Å²) in [7, 11) is 0. The summed E-state index contributed by atoms with van der Waals surface area (Å²) in [5, 5.41) is 3.32. The Kier molecular flexibility index (Phi) is 4.66. The summed E-state index contributed by atoms with van der Waals surface area (Å²) in [6, 6.07) is 0. The van der Waals surface area contributed by atoms with Crippen LogP contribution in [0, 0.1) is 23.7 Å². The number of hydrogen-bond acceptors (Lipinski definition) is 2. The second-order valence-corrected chi connectivity index (χ2v) is 6.51. The highest BCUT2D eigenvalue weighted by molar-refractivity contribution is 5.79. The molecule has 1 N–H and O–H groups in total. The van der Waals surface area contributed by atoms with Crippen LogP contribution in [0.5, 0.6) is 0 Å². The number of amides is 1. The molecule has 2 rings (SSSR count). The third kappa shape index (κ3) is 3.05. The standard InChI is InChI=1S/C15H28N2O/c1-11(2)13-5-4-12(3)10-14(13)15(18)17-8-6-16-7-9-17/h11-14,16H,4-10H2,1-3H3. The van der Waals surface area contributed by atoms with Crippen LogP contribution in [0.2, 0.25) is 0 Å². The van der Waals surface area contributed by atoms with Crippen LogP contribution in [0.3, 0.4) is 0 Å². The van der Waals surface area contributed by atoms with E-state index in [1.807, 2.05) is 0 Å². The van der Waals surface area contributed by atoms with Crippen molar-refractivity contribution in [2.75, 3.05) is 26.2 Å². The monoisotopic (exact) mass is 252 g/mol. The quantitative estimate of drug-likeness (QED) is 0.816. The fraction of sp³-hybridized carbons (Fsp3) is 0.933. The molecule has 1 aliphatic carbocycles. The Morgan fingerprint density at radius 2 is 1.89 bits per heavy atom. The maximum atomic E-state index is 12.7. The largest absolute Gasteiger partial charge is 0.340 e. The van der Waals surface area contributed by atoms with E-state index >= 15 is 0 Å². The minimum Gasteiger partial charge on any atom is -0.340 e. The molecule has 1 amide bonds. The van der Waals surface area contributed by atoms with Crippen LogP contribution >= 0.6 is 0 Å². The van der Waals surface area contributed by atoms with E-state index in [4.69, 9.17) is 0 Å². The molecule has 104 valence electrons. The fourth-order valence-electron chi connectivity index (χ4n) is 3.61. The molecule has 0 spiro atoms. The van der Waals surface area contributed by atoms with Gasteiger partial charge in [0, 0.05) is 32.1 Å². The van der Waals surface area contributed by atoms with Crippen molar-refractivity contribution in [1.82, 2.24) is 10.2 Å². The highest BCUT2D eigenvalue weighted by Crippen LogP contribution is 2.38. The van der Waals surface area contributed by atoms with Gasteiger partial charge in [-0.3, -0.25) is 4.79 Å². The minimum atomic E-state index is 0.284. The van der Waals surface area contributed by atoms with Crippen molar-refractivity contribution in [2.24, 2.45) is 23.7 Å². The van der Waals surface area contributed by atoms with E-state index in [0.717, 1.165) is 38.5 Å². The van der Waals surface area contributed by atoms with Crippen LogP contribution in [0.15, 0.2) is 0 Å². The maximum absolute atomic E-state index is 12.7. The zero-order valence-corrected chi connectivity index (χ0v) is 12.1. The third-order valence-electron chi connectivity index (χ3n) is 4.77. The smallest absolute Gasteiger partial charge is 0.226 e. The van der Waals surface area contributed by atoms with E-state index in [0.29, 0.717) is 17.7 Å². The molecule has 1 heterocycles. The molecule has 1 aliphatic heterocycles. The number of carbonyl (C=O) groups is 1. The molecule has 2 aliphatic rings. The average Bonchev–Trinajstić information content (AvgIpc) is 2.38. The van der Waals surface area contributed by atoms with Crippen LogP contribution in [0.1, 0.15) is 40.0 Å². The topological polar surface area (TPSA) is 32.3 Å². The summed E-state index contributed by atoms with van der Waals surface area (Å²) in [5.74, 6) is 2.67. The van der Waals surface area contributed by atoms with E-state index in [1.165, 1.54) is 12.8 Å². The molecule has 3 nitrogen and oxygen atoms in total. The van der Waals surface area contributed by atoms with E-state index in [1.54, 1.807) is 0 Å². The predicted octanol–water partition coefficient (Wildman–Crippen LogP) is 2.13. The summed E-state index contributed by atoms with van der Waals surface area (Å²) >= 11 is 0. The summed E-state index contributed by atoms with van der Waals surface area (Å²) < 4.78 is 0. The second-order valence-electron chi connectivity index (χ2n) is 6.51. The van der Waals surface area contributed by atoms with Gasteiger partial charge in [-0.15, -0.1) is 0 Å². The number of piperazine rings is 1. The summed E-state index contributed by atoms with van der Waals surface area (Å²) in [5.41, 5.74) is 0. The lowest BCUT2D eigenvalue weighted by atomic mass is 9.69. The Morgan fingerprint density at radius 1 is 1.22 bits per heavy atom. The first-order chi connectivity index (χ1) is 8.59. The van der Waals surface area contributed by atoms with Crippen molar-refractivity contribution in [1.29, 1.82) is 0 Å². The molecular formula is C15H28N2O. The Balaban J connectivity index is 2.04. The second kappa shape index (κ2) is 6.05. The van der Waals surface area contributed by atoms with Gasteiger partial charge >= 0.3 is 0 Å². The van der Waals surface area contributed by atoms with Crippen LogP contribution in [-0.4, -0.2) is 37.0 Å². The van der Waals surface area contributed by atoms with Crippen LogP contribution in [0.25, 0.3) is 0 Å². The van der Waals surface area contributed by atoms with E-state index in [9.17, 15) is 4.79 Å². The molecule has 0 radical (unpaired) electrons. The number of nitrogens with zero attached hydrogens (tertiary/aromatic N) is 1. The van der Waals surface area contributed by atoms with Gasteiger partial charge in [0.05, 0.1) is 0 Å². The molecule has 18 heavy (non-hydrogen) atoms. The fourth-order valence-corrected chi connectivity index (χ4v) is 3.61. The first-order valence-corrected chi connectivity index (χ1v) is 7.59. The zero-order valence-electron chi connectivity index (χ0n) is 12.1. The minimum absolute atomic E-state index is 0.284. The molecule has 0 aromatic carbocycles. The van der Waals surface area contributed by atoms with Crippen LogP contribution in [-0.2, 0) is 4.79 Å². The SMILES string of the molecule is CC1CCC(C(C)C)C(C(=O)N2CCNCC2)C1. The zero-order chi connectivity index (χ0) is 13.1. The van der Waals surface area contributed by atoms with Crippen molar-refractivity contribution in [2.45, 2.75) is 40.0 Å². The van der Waals surface area contributed by atoms with Crippen LogP contribution in [0.4, 0.5) is 0 Å². The van der Waals surface area contributed by atoms with Crippen LogP contribution < -0.4 is 5.32 Å².